The van der Waals surface area contributed by atoms with E-state index in [9.17, 15) is 14.7 Å². The Bertz CT molecular complexity index is 685. The zero-order chi connectivity index (χ0) is 19.6. The topological polar surface area (TPSA) is 95.0 Å². The maximum atomic E-state index is 12.3. The maximum Gasteiger partial charge on any atom is 0.317 e. The summed E-state index contributed by atoms with van der Waals surface area (Å²) in [6.07, 6.45) is 2.59. The zero-order valence-corrected chi connectivity index (χ0v) is 16.1. The van der Waals surface area contributed by atoms with Crippen LogP contribution in [0.15, 0.2) is 18.3 Å². The zero-order valence-electron chi connectivity index (χ0n) is 16.1. The van der Waals surface area contributed by atoms with Crippen LogP contribution in [0.2, 0.25) is 0 Å². The van der Waals surface area contributed by atoms with Crippen LogP contribution in [0.4, 0.5) is 10.6 Å². The Labute approximate surface area is 159 Å². The minimum atomic E-state index is -0.857. The number of nitrogens with one attached hydrogen (secondary N) is 1. The van der Waals surface area contributed by atoms with E-state index in [1.807, 2.05) is 12.1 Å². The fourth-order valence-corrected chi connectivity index (χ4v) is 3.67. The summed E-state index contributed by atoms with van der Waals surface area (Å²) in [7, 11) is 0. The molecule has 3 atom stereocenters. The highest BCUT2D eigenvalue weighted by Crippen LogP contribution is 2.30. The molecule has 27 heavy (non-hydrogen) atoms. The fraction of sp³-hybridized carbons (Fsp3) is 0.632. The Morgan fingerprint density at radius 3 is 2.59 bits per heavy atom. The van der Waals surface area contributed by atoms with Crippen molar-refractivity contribution in [2.24, 2.45) is 5.41 Å². The summed E-state index contributed by atoms with van der Waals surface area (Å²) in [5.74, 6) is 0.0492. The number of aromatic nitrogens is 1. The normalized spacial score (nSPS) is 28.3. The minimum Gasteiger partial charge on any atom is -0.481 e. The van der Waals surface area contributed by atoms with Crippen LogP contribution in [0.3, 0.4) is 0 Å². The van der Waals surface area contributed by atoms with Crippen molar-refractivity contribution in [2.75, 3.05) is 31.1 Å². The predicted octanol–water partition coefficient (Wildman–Crippen LogP) is 1.70. The van der Waals surface area contributed by atoms with Crippen molar-refractivity contribution in [1.82, 2.24) is 15.2 Å². The molecule has 3 rings (SSSR count). The highest BCUT2D eigenvalue weighted by Gasteiger charge is 2.42. The molecule has 0 aromatic carbocycles. The van der Waals surface area contributed by atoms with Crippen LogP contribution >= 0.6 is 0 Å². The number of nitrogens with zero attached hydrogens (tertiary/aromatic N) is 3. The van der Waals surface area contributed by atoms with Crippen LogP contribution in [0.5, 0.6) is 0 Å². The monoisotopic (exact) mass is 376 g/mol. The number of ether oxygens (including phenoxy) is 1. The van der Waals surface area contributed by atoms with E-state index in [0.717, 1.165) is 24.5 Å². The molecule has 8 nitrogen and oxygen atoms in total. The Hall–Kier alpha value is -2.35. The van der Waals surface area contributed by atoms with Crippen LogP contribution in [0.25, 0.3) is 0 Å². The maximum absolute atomic E-state index is 12.3. The van der Waals surface area contributed by atoms with E-state index in [0.29, 0.717) is 19.5 Å². The molecular formula is C19H28N4O4. The third-order valence-electron chi connectivity index (χ3n) is 5.27. The summed E-state index contributed by atoms with van der Waals surface area (Å²) >= 11 is 0. The summed E-state index contributed by atoms with van der Waals surface area (Å²) < 4.78 is 5.75. The molecule has 148 valence electrons. The van der Waals surface area contributed by atoms with E-state index in [1.165, 1.54) is 0 Å². The predicted molar refractivity (Wildman–Crippen MR) is 101 cm³/mol. The smallest absolute Gasteiger partial charge is 0.317 e. The number of carbonyl (C=O) groups excluding carboxylic acids is 1. The number of hydrogen-bond donors (Lipinski definition) is 2. The van der Waals surface area contributed by atoms with Gasteiger partial charge in [0.15, 0.2) is 0 Å². The number of rotatable bonds is 4. The number of pyridine rings is 1. The van der Waals surface area contributed by atoms with E-state index in [4.69, 9.17) is 4.74 Å². The van der Waals surface area contributed by atoms with Crippen LogP contribution < -0.4 is 10.2 Å². The number of aliphatic carboxylic acids is 1. The number of anilines is 1. The van der Waals surface area contributed by atoms with Gasteiger partial charge in [0.05, 0.1) is 17.6 Å². The van der Waals surface area contributed by atoms with Gasteiger partial charge in [-0.1, -0.05) is 6.07 Å². The van der Waals surface area contributed by atoms with Crippen LogP contribution in [-0.2, 0) is 16.1 Å². The molecule has 0 bridgehead atoms. The number of carboxylic acids is 1. The second kappa shape index (κ2) is 7.72. The van der Waals surface area contributed by atoms with E-state index in [-0.39, 0.29) is 24.8 Å². The molecule has 0 radical (unpaired) electrons. The Kier molecular flexibility index (Phi) is 5.55. The van der Waals surface area contributed by atoms with Crippen molar-refractivity contribution in [3.05, 3.63) is 23.9 Å². The molecule has 2 fully saturated rings. The van der Waals surface area contributed by atoms with Gasteiger partial charge < -0.3 is 25.0 Å². The van der Waals surface area contributed by atoms with Crippen LogP contribution in [0, 0.1) is 5.41 Å². The molecule has 0 saturated carbocycles. The summed E-state index contributed by atoms with van der Waals surface area (Å²) in [4.78, 5) is 31.9. The molecule has 2 aliphatic rings. The van der Waals surface area contributed by atoms with Gasteiger partial charge in [0.1, 0.15) is 5.82 Å². The Morgan fingerprint density at radius 1 is 1.33 bits per heavy atom. The van der Waals surface area contributed by atoms with E-state index < -0.39 is 11.4 Å². The van der Waals surface area contributed by atoms with Crippen molar-refractivity contribution in [1.29, 1.82) is 0 Å². The molecule has 3 unspecified atom stereocenters. The molecule has 8 heteroatoms. The standard InChI is InChI=1S/C19H28N4O4/c1-13-10-23(11-14(2)27-13)16-5-4-15(8-20-16)9-21-18(26)22-7-6-19(3,12-22)17(24)25/h4-5,8,13-14H,6-7,9-12H2,1-3H3,(H,21,26)(H,24,25). The number of amides is 2. The lowest BCUT2D eigenvalue weighted by atomic mass is 9.90. The molecule has 2 amide bonds. The van der Waals surface area contributed by atoms with Gasteiger partial charge in [-0.3, -0.25) is 4.79 Å². The number of hydrogen-bond acceptors (Lipinski definition) is 5. The first-order chi connectivity index (χ1) is 12.8. The van der Waals surface area contributed by atoms with Gasteiger partial charge in [0, 0.05) is 38.9 Å². The van der Waals surface area contributed by atoms with Crippen LogP contribution in [-0.4, -0.2) is 65.4 Å². The number of morpholine rings is 1. The van der Waals surface area contributed by atoms with E-state index >= 15 is 0 Å². The van der Waals surface area contributed by atoms with Gasteiger partial charge in [-0.25, -0.2) is 9.78 Å². The first-order valence-electron chi connectivity index (χ1n) is 9.38. The average molecular weight is 376 g/mol. The van der Waals surface area contributed by atoms with Crippen molar-refractivity contribution >= 4 is 17.8 Å². The number of carboxylic acid groups (broad SMARTS) is 1. The van der Waals surface area contributed by atoms with Crippen LogP contribution in [0.1, 0.15) is 32.8 Å². The second-order valence-electron chi connectivity index (χ2n) is 7.88. The van der Waals surface area contributed by atoms with Crippen molar-refractivity contribution < 1.29 is 19.4 Å². The first-order valence-corrected chi connectivity index (χ1v) is 9.38. The molecule has 1 aromatic heterocycles. The molecule has 0 aliphatic carbocycles. The largest absolute Gasteiger partial charge is 0.481 e. The number of likely N-dealkylation sites (tertiary alicyclic amines) is 1. The molecular weight excluding hydrogens is 348 g/mol. The van der Waals surface area contributed by atoms with Gasteiger partial charge in [-0.2, -0.15) is 0 Å². The lowest BCUT2D eigenvalue weighted by Crippen LogP contribution is -2.45. The molecule has 3 heterocycles. The number of urea groups is 1. The quantitative estimate of drug-likeness (QED) is 0.831. The SMILES string of the molecule is CC1CN(c2ccc(CNC(=O)N3CCC(C)(C(=O)O)C3)cn2)CC(C)O1. The van der Waals surface area contributed by atoms with Gasteiger partial charge in [-0.15, -0.1) is 0 Å². The average Bonchev–Trinajstić information content (AvgIpc) is 3.03. The fourth-order valence-electron chi connectivity index (χ4n) is 3.67. The first kappa shape index (κ1) is 19.4. The highest BCUT2D eigenvalue weighted by atomic mass is 16.5. The molecule has 2 saturated heterocycles. The third-order valence-corrected chi connectivity index (χ3v) is 5.27. The molecule has 1 aromatic rings. The lowest BCUT2D eigenvalue weighted by molar-refractivity contribution is -0.147. The molecule has 2 aliphatic heterocycles. The molecule has 0 spiro atoms. The van der Waals surface area contributed by atoms with Gasteiger partial charge in [0.2, 0.25) is 0 Å². The van der Waals surface area contributed by atoms with Gasteiger partial charge >= 0.3 is 12.0 Å². The Balaban J connectivity index is 1.52. The van der Waals surface area contributed by atoms with E-state index in [1.54, 1.807) is 18.0 Å². The van der Waals surface area contributed by atoms with Crippen molar-refractivity contribution in [3.8, 4) is 0 Å². The summed E-state index contributed by atoms with van der Waals surface area (Å²) in [5.41, 5.74) is 0.0501. The highest BCUT2D eigenvalue weighted by molar-refractivity contribution is 5.79. The summed E-state index contributed by atoms with van der Waals surface area (Å²) in [6, 6.07) is 3.68. The van der Waals surface area contributed by atoms with Crippen molar-refractivity contribution in [2.45, 2.75) is 45.9 Å². The van der Waals surface area contributed by atoms with Gasteiger partial charge in [0.25, 0.3) is 0 Å². The third kappa shape index (κ3) is 4.50. The lowest BCUT2D eigenvalue weighted by Gasteiger charge is -2.36. The van der Waals surface area contributed by atoms with Crippen molar-refractivity contribution in [3.63, 3.8) is 0 Å². The Morgan fingerprint density at radius 2 is 2.04 bits per heavy atom. The van der Waals surface area contributed by atoms with Gasteiger partial charge in [-0.05, 0) is 38.8 Å². The second-order valence-corrected chi connectivity index (χ2v) is 7.88. The molecule has 2 N–H and O–H groups in total. The summed E-state index contributed by atoms with van der Waals surface area (Å²) in [6.45, 7) is 8.47. The minimum absolute atomic E-state index is 0.173. The summed E-state index contributed by atoms with van der Waals surface area (Å²) in [5, 5.41) is 12.1. The van der Waals surface area contributed by atoms with E-state index in [2.05, 4.69) is 29.0 Å². The number of carbonyl (C=O) groups is 2.